The summed E-state index contributed by atoms with van der Waals surface area (Å²) in [6.45, 7) is 10.3. The van der Waals surface area contributed by atoms with E-state index in [4.69, 9.17) is 0 Å². The van der Waals surface area contributed by atoms with Crippen LogP contribution in [0.4, 0.5) is 0 Å². The van der Waals surface area contributed by atoms with Crippen molar-refractivity contribution in [3.05, 3.63) is 68.9 Å². The zero-order valence-corrected chi connectivity index (χ0v) is 9.66. The van der Waals surface area contributed by atoms with Crippen molar-refractivity contribution in [3.8, 4) is 0 Å². The van der Waals surface area contributed by atoms with Crippen LogP contribution in [0.5, 0.6) is 0 Å². The van der Waals surface area contributed by atoms with Gasteiger partial charge >= 0.3 is 0 Å². The normalized spacial score (nSPS) is 12.6. The van der Waals surface area contributed by atoms with Gasteiger partial charge in [-0.25, -0.2) is 0 Å². The zero-order chi connectivity index (χ0) is 11.5. The SMILES string of the molecule is C=c1cccc/c1=c1\cc(CC)ccc1=C. The van der Waals surface area contributed by atoms with Crippen LogP contribution in [0.2, 0.25) is 0 Å². The highest BCUT2D eigenvalue weighted by atomic mass is 14.0. The van der Waals surface area contributed by atoms with Crippen LogP contribution >= 0.6 is 0 Å². The lowest BCUT2D eigenvalue weighted by Crippen LogP contribution is -2.07. The maximum absolute atomic E-state index is 4.09. The molecule has 2 rings (SSSR count). The van der Waals surface area contributed by atoms with Crippen molar-refractivity contribution < 1.29 is 0 Å². The van der Waals surface area contributed by atoms with Gasteiger partial charge in [-0.15, -0.1) is 0 Å². The van der Waals surface area contributed by atoms with Crippen LogP contribution in [0.15, 0.2) is 42.5 Å². The Morgan fingerprint density at radius 3 is 2.25 bits per heavy atom. The summed E-state index contributed by atoms with van der Waals surface area (Å²) in [7, 11) is 0. The molecule has 0 aliphatic heterocycles. The Balaban J connectivity index is 3.03. The summed E-state index contributed by atoms with van der Waals surface area (Å²) in [5.74, 6) is 0. The van der Waals surface area contributed by atoms with Gasteiger partial charge in [0.05, 0.1) is 0 Å². The van der Waals surface area contributed by atoms with Crippen LogP contribution in [0.25, 0.3) is 13.2 Å². The van der Waals surface area contributed by atoms with Gasteiger partial charge in [0.15, 0.2) is 0 Å². The highest BCUT2D eigenvalue weighted by Crippen LogP contribution is 1.98. The third-order valence-electron chi connectivity index (χ3n) is 2.89. The minimum absolute atomic E-state index is 1.05. The molecule has 2 aromatic carbocycles. The minimum Gasteiger partial charge on any atom is -0.0911 e. The van der Waals surface area contributed by atoms with Crippen molar-refractivity contribution in [2.24, 2.45) is 0 Å². The van der Waals surface area contributed by atoms with E-state index in [9.17, 15) is 0 Å². The fraction of sp³-hybridized carbons (Fsp3) is 0.125. The van der Waals surface area contributed by atoms with E-state index in [2.05, 4.69) is 44.3 Å². The molecule has 0 heterocycles. The summed E-state index contributed by atoms with van der Waals surface area (Å²) in [4.78, 5) is 0. The van der Waals surface area contributed by atoms with Crippen molar-refractivity contribution in [2.75, 3.05) is 0 Å². The van der Waals surface area contributed by atoms with Crippen LogP contribution in [0.3, 0.4) is 0 Å². The molecular formula is C16H16. The Morgan fingerprint density at radius 1 is 0.875 bits per heavy atom. The second-order valence-electron chi connectivity index (χ2n) is 4.00. The summed E-state index contributed by atoms with van der Waals surface area (Å²) >= 11 is 0. The van der Waals surface area contributed by atoms with E-state index in [0.717, 1.165) is 16.9 Å². The molecule has 0 atom stereocenters. The van der Waals surface area contributed by atoms with E-state index in [1.807, 2.05) is 18.2 Å². The quantitative estimate of drug-likeness (QED) is 0.675. The van der Waals surface area contributed by atoms with E-state index in [0.29, 0.717) is 0 Å². The average molecular weight is 208 g/mol. The summed E-state index contributed by atoms with van der Waals surface area (Å²) in [5.41, 5.74) is 1.34. The predicted octanol–water partition coefficient (Wildman–Crippen LogP) is 2.36. The molecule has 0 fully saturated rings. The molecule has 0 bridgehead atoms. The minimum atomic E-state index is 1.05. The standard InChI is InChI=1S/C16H16/c1-4-14-10-9-13(3)16(11-14)15-8-6-5-7-12(15)2/h5-11H,2-4H2,1H3/b16-15-. The summed E-state index contributed by atoms with van der Waals surface area (Å²) in [5, 5.41) is 4.50. The fourth-order valence-electron chi connectivity index (χ4n) is 1.88. The largest absolute Gasteiger partial charge is 0.0911 e. The smallest absolute Gasteiger partial charge is 0.0109 e. The molecule has 0 nitrogen and oxygen atoms in total. The van der Waals surface area contributed by atoms with Gasteiger partial charge in [-0.05, 0) is 32.9 Å². The van der Waals surface area contributed by atoms with Crippen molar-refractivity contribution in [1.29, 1.82) is 0 Å². The number of aryl methyl sites for hydroxylation is 1. The van der Waals surface area contributed by atoms with Crippen LogP contribution in [0.1, 0.15) is 12.5 Å². The van der Waals surface area contributed by atoms with E-state index in [1.165, 1.54) is 16.0 Å². The van der Waals surface area contributed by atoms with Crippen molar-refractivity contribution in [3.63, 3.8) is 0 Å². The number of hydrogen-bond donors (Lipinski definition) is 0. The fourth-order valence-corrected chi connectivity index (χ4v) is 1.88. The molecule has 80 valence electrons. The molecule has 2 aromatic rings. The molecule has 0 unspecified atom stereocenters. The van der Waals surface area contributed by atoms with Crippen molar-refractivity contribution >= 4 is 13.2 Å². The Bertz CT molecular complexity index is 681. The first-order valence-electron chi connectivity index (χ1n) is 5.58. The van der Waals surface area contributed by atoms with Crippen molar-refractivity contribution in [2.45, 2.75) is 13.3 Å². The number of hydrogen-bond acceptors (Lipinski definition) is 0. The Morgan fingerprint density at radius 2 is 1.56 bits per heavy atom. The Labute approximate surface area is 95.9 Å². The highest BCUT2D eigenvalue weighted by Gasteiger charge is 1.91. The van der Waals surface area contributed by atoms with Crippen LogP contribution in [-0.2, 0) is 6.42 Å². The first-order valence-corrected chi connectivity index (χ1v) is 5.58. The topological polar surface area (TPSA) is 0 Å². The van der Waals surface area contributed by atoms with Gasteiger partial charge in [0.1, 0.15) is 0 Å². The summed E-state index contributed by atoms with van der Waals surface area (Å²) in [6, 6.07) is 14.6. The maximum Gasteiger partial charge on any atom is -0.0109 e. The van der Waals surface area contributed by atoms with Gasteiger partial charge < -0.3 is 0 Å². The van der Waals surface area contributed by atoms with Crippen molar-refractivity contribution in [1.82, 2.24) is 0 Å². The lowest BCUT2D eigenvalue weighted by atomic mass is 10.1. The first-order chi connectivity index (χ1) is 7.72. The molecule has 0 N–H and O–H groups in total. The summed E-state index contributed by atoms with van der Waals surface area (Å²) < 4.78 is 0. The lowest BCUT2D eigenvalue weighted by molar-refractivity contribution is 1.13. The van der Waals surface area contributed by atoms with Crippen LogP contribution < -0.4 is 10.4 Å². The second-order valence-corrected chi connectivity index (χ2v) is 4.00. The highest BCUT2D eigenvalue weighted by molar-refractivity contribution is 5.25. The monoisotopic (exact) mass is 208 g/mol. The molecule has 0 saturated carbocycles. The molecular weight excluding hydrogens is 192 g/mol. The molecule has 0 spiro atoms. The van der Waals surface area contributed by atoms with Gasteiger partial charge in [0, 0.05) is 0 Å². The van der Waals surface area contributed by atoms with Crippen LogP contribution in [-0.4, -0.2) is 0 Å². The van der Waals surface area contributed by atoms with Gasteiger partial charge in [-0.1, -0.05) is 62.5 Å². The van der Waals surface area contributed by atoms with E-state index in [-0.39, 0.29) is 0 Å². The number of benzene rings is 2. The molecule has 16 heavy (non-hydrogen) atoms. The predicted molar refractivity (Wildman–Crippen MR) is 70.2 cm³/mol. The first kappa shape index (κ1) is 10.7. The molecule has 0 aliphatic carbocycles. The molecule has 0 aliphatic rings. The molecule has 0 heteroatoms. The van der Waals surface area contributed by atoms with E-state index in [1.54, 1.807) is 0 Å². The third kappa shape index (κ3) is 1.92. The average Bonchev–Trinajstić information content (AvgIpc) is 2.31. The Hall–Kier alpha value is -1.82. The maximum atomic E-state index is 4.09. The van der Waals surface area contributed by atoms with Gasteiger partial charge in [-0.3, -0.25) is 0 Å². The number of rotatable bonds is 1. The zero-order valence-electron chi connectivity index (χ0n) is 9.66. The van der Waals surface area contributed by atoms with Gasteiger partial charge in [0.2, 0.25) is 0 Å². The van der Waals surface area contributed by atoms with E-state index >= 15 is 0 Å². The molecule has 0 aromatic heterocycles. The molecule has 0 radical (unpaired) electrons. The Kier molecular flexibility index (Phi) is 2.91. The third-order valence-corrected chi connectivity index (χ3v) is 2.89. The van der Waals surface area contributed by atoms with Gasteiger partial charge in [0.25, 0.3) is 0 Å². The lowest BCUT2D eigenvalue weighted by Gasteiger charge is -1.97. The van der Waals surface area contributed by atoms with E-state index < -0.39 is 0 Å². The van der Waals surface area contributed by atoms with Gasteiger partial charge in [-0.2, -0.15) is 0 Å². The molecule has 0 amide bonds. The summed E-state index contributed by atoms with van der Waals surface area (Å²) in [6.07, 6.45) is 1.05. The second kappa shape index (κ2) is 4.36. The molecule has 0 saturated heterocycles. The van der Waals surface area contributed by atoms with Crippen LogP contribution in [0, 0.1) is 10.4 Å².